The Morgan fingerprint density at radius 3 is 2.55 bits per heavy atom. The molecule has 0 radical (unpaired) electrons. The van der Waals surface area contributed by atoms with Crippen LogP contribution in [-0.2, 0) is 11.2 Å². The number of carboxylic acids is 1. The van der Waals surface area contributed by atoms with E-state index in [4.69, 9.17) is 16.7 Å². The van der Waals surface area contributed by atoms with Crippen LogP contribution in [0.25, 0.3) is 22.2 Å². The monoisotopic (exact) mass is 285 g/mol. The maximum absolute atomic E-state index is 11.1. The van der Waals surface area contributed by atoms with Gasteiger partial charge in [-0.1, -0.05) is 48.0 Å². The lowest BCUT2D eigenvalue weighted by atomic mass is 10.0. The van der Waals surface area contributed by atoms with E-state index in [1.165, 1.54) is 0 Å². The van der Waals surface area contributed by atoms with Crippen LogP contribution in [0, 0.1) is 0 Å². The summed E-state index contributed by atoms with van der Waals surface area (Å²) in [4.78, 5) is 14.4. The van der Waals surface area contributed by atoms with Gasteiger partial charge in [0.25, 0.3) is 0 Å². The van der Waals surface area contributed by atoms with Gasteiger partial charge in [0.05, 0.1) is 12.1 Å². The molecule has 3 rings (SSSR count). The lowest BCUT2D eigenvalue weighted by Crippen LogP contribution is -2.01. The van der Waals surface area contributed by atoms with Crippen molar-refractivity contribution in [2.45, 2.75) is 6.42 Å². The normalized spacial score (nSPS) is 10.8. The Labute approximate surface area is 120 Å². The van der Waals surface area contributed by atoms with Crippen molar-refractivity contribution in [3.8, 4) is 11.3 Å². The van der Waals surface area contributed by atoms with Crippen molar-refractivity contribution in [3.63, 3.8) is 0 Å². The van der Waals surface area contributed by atoms with E-state index in [-0.39, 0.29) is 6.42 Å². The first-order chi connectivity index (χ1) is 9.66. The molecule has 2 N–H and O–H groups in total. The van der Waals surface area contributed by atoms with E-state index in [0.29, 0.717) is 5.02 Å². The highest BCUT2D eigenvalue weighted by Gasteiger charge is 2.16. The van der Waals surface area contributed by atoms with Gasteiger partial charge in [0.2, 0.25) is 0 Å². The summed E-state index contributed by atoms with van der Waals surface area (Å²) in [7, 11) is 0. The molecule has 0 saturated carbocycles. The van der Waals surface area contributed by atoms with Crippen LogP contribution >= 0.6 is 11.6 Å². The van der Waals surface area contributed by atoms with Gasteiger partial charge in [0.15, 0.2) is 0 Å². The zero-order chi connectivity index (χ0) is 14.1. The lowest BCUT2D eigenvalue weighted by molar-refractivity contribution is -0.136. The summed E-state index contributed by atoms with van der Waals surface area (Å²) < 4.78 is 0. The van der Waals surface area contributed by atoms with Crippen molar-refractivity contribution >= 4 is 28.5 Å². The predicted molar refractivity (Wildman–Crippen MR) is 80.1 cm³/mol. The molecule has 0 fully saturated rings. The average Bonchev–Trinajstić information content (AvgIpc) is 2.78. The first-order valence-electron chi connectivity index (χ1n) is 6.23. The Hall–Kier alpha value is -2.26. The first-order valence-corrected chi connectivity index (χ1v) is 6.61. The van der Waals surface area contributed by atoms with Crippen molar-refractivity contribution in [2.75, 3.05) is 0 Å². The molecule has 1 heterocycles. The topological polar surface area (TPSA) is 53.1 Å². The molecule has 0 spiro atoms. The molecular weight excluding hydrogens is 274 g/mol. The van der Waals surface area contributed by atoms with E-state index in [9.17, 15) is 4.79 Å². The summed E-state index contributed by atoms with van der Waals surface area (Å²) in [6, 6.07) is 15.1. The predicted octanol–water partition coefficient (Wildman–Crippen LogP) is 4.12. The third kappa shape index (κ3) is 2.17. The van der Waals surface area contributed by atoms with Crippen LogP contribution in [0.3, 0.4) is 0 Å². The summed E-state index contributed by atoms with van der Waals surface area (Å²) >= 11 is 6.23. The van der Waals surface area contributed by atoms with Crippen LogP contribution in [0.1, 0.15) is 5.56 Å². The van der Waals surface area contributed by atoms with Gasteiger partial charge >= 0.3 is 5.97 Å². The van der Waals surface area contributed by atoms with Crippen molar-refractivity contribution in [1.82, 2.24) is 4.98 Å². The Balaban J connectivity index is 2.29. The minimum absolute atomic E-state index is 0.0371. The lowest BCUT2D eigenvalue weighted by Gasteiger charge is -2.05. The smallest absolute Gasteiger partial charge is 0.307 e. The van der Waals surface area contributed by atoms with Gasteiger partial charge in [-0.2, -0.15) is 0 Å². The highest BCUT2D eigenvalue weighted by Crippen LogP contribution is 2.34. The largest absolute Gasteiger partial charge is 0.481 e. The number of fused-ring (bicyclic) bond motifs is 1. The third-order valence-corrected chi connectivity index (χ3v) is 3.61. The van der Waals surface area contributed by atoms with E-state index in [2.05, 4.69) is 4.98 Å². The highest BCUT2D eigenvalue weighted by molar-refractivity contribution is 6.33. The van der Waals surface area contributed by atoms with Gasteiger partial charge in [0, 0.05) is 21.5 Å². The summed E-state index contributed by atoms with van der Waals surface area (Å²) in [5, 5.41) is 10.7. The third-order valence-electron chi connectivity index (χ3n) is 3.28. The molecule has 0 unspecified atom stereocenters. The Morgan fingerprint density at radius 2 is 1.80 bits per heavy atom. The van der Waals surface area contributed by atoms with Crippen molar-refractivity contribution in [3.05, 3.63) is 59.1 Å². The number of rotatable bonds is 3. The van der Waals surface area contributed by atoms with Gasteiger partial charge in [-0.25, -0.2) is 0 Å². The number of aromatic nitrogens is 1. The quantitative estimate of drug-likeness (QED) is 0.761. The molecule has 2 aromatic carbocycles. The standard InChI is InChI=1S/C16H12ClNO2/c17-13-7-3-1-6-11(13)16-12(9-15(19)20)10-5-2-4-8-14(10)18-16/h1-8,18H,9H2,(H,19,20). The molecule has 0 bridgehead atoms. The molecule has 0 aliphatic heterocycles. The minimum Gasteiger partial charge on any atom is -0.481 e. The fourth-order valence-corrected chi connectivity index (χ4v) is 2.66. The molecular formula is C16H12ClNO2. The second-order valence-corrected chi connectivity index (χ2v) is 4.98. The maximum atomic E-state index is 11.1. The molecule has 0 amide bonds. The van der Waals surface area contributed by atoms with Crippen LogP contribution in [0.4, 0.5) is 0 Å². The Bertz CT molecular complexity index is 792. The molecule has 1 aromatic heterocycles. The van der Waals surface area contributed by atoms with Crippen LogP contribution in [0.2, 0.25) is 5.02 Å². The molecule has 3 aromatic rings. The van der Waals surface area contributed by atoms with Crippen molar-refractivity contribution in [1.29, 1.82) is 0 Å². The first kappa shape index (κ1) is 12.8. The molecule has 100 valence electrons. The minimum atomic E-state index is -0.858. The van der Waals surface area contributed by atoms with Crippen LogP contribution in [0.15, 0.2) is 48.5 Å². The van der Waals surface area contributed by atoms with E-state index in [1.54, 1.807) is 6.07 Å². The van der Waals surface area contributed by atoms with Gasteiger partial charge in [-0.05, 0) is 17.7 Å². The van der Waals surface area contributed by atoms with E-state index >= 15 is 0 Å². The number of H-pyrrole nitrogens is 1. The van der Waals surface area contributed by atoms with E-state index < -0.39 is 5.97 Å². The van der Waals surface area contributed by atoms with Gasteiger partial charge in [-0.3, -0.25) is 4.79 Å². The molecule has 0 saturated heterocycles. The van der Waals surface area contributed by atoms with Crippen molar-refractivity contribution < 1.29 is 9.90 Å². The number of halogens is 1. The summed E-state index contributed by atoms with van der Waals surface area (Å²) in [6.07, 6.45) is -0.0371. The molecule has 20 heavy (non-hydrogen) atoms. The van der Waals surface area contributed by atoms with Crippen LogP contribution < -0.4 is 0 Å². The number of benzene rings is 2. The van der Waals surface area contributed by atoms with Gasteiger partial charge < -0.3 is 10.1 Å². The average molecular weight is 286 g/mol. The fourth-order valence-electron chi connectivity index (χ4n) is 2.43. The van der Waals surface area contributed by atoms with Gasteiger partial charge in [-0.15, -0.1) is 0 Å². The molecule has 3 nitrogen and oxygen atoms in total. The molecule has 0 aliphatic rings. The number of nitrogens with one attached hydrogen (secondary N) is 1. The number of aromatic amines is 1. The number of hydrogen-bond donors (Lipinski definition) is 2. The SMILES string of the molecule is O=C(O)Cc1c(-c2ccccc2Cl)[nH]c2ccccc12. The fraction of sp³-hybridized carbons (Fsp3) is 0.0625. The van der Waals surface area contributed by atoms with Gasteiger partial charge in [0.1, 0.15) is 0 Å². The van der Waals surface area contributed by atoms with E-state index in [1.807, 2.05) is 42.5 Å². The summed E-state index contributed by atoms with van der Waals surface area (Å²) in [6.45, 7) is 0. The van der Waals surface area contributed by atoms with Crippen LogP contribution in [-0.4, -0.2) is 16.1 Å². The Kier molecular flexibility index (Phi) is 3.20. The highest BCUT2D eigenvalue weighted by atomic mass is 35.5. The number of carbonyl (C=O) groups is 1. The summed E-state index contributed by atoms with van der Waals surface area (Å²) in [5.41, 5.74) is 3.28. The Morgan fingerprint density at radius 1 is 1.10 bits per heavy atom. The zero-order valence-electron chi connectivity index (χ0n) is 10.6. The molecule has 0 aliphatic carbocycles. The second kappa shape index (κ2) is 5.02. The molecule has 4 heteroatoms. The molecule has 0 atom stereocenters. The summed E-state index contributed by atoms with van der Waals surface area (Å²) in [5.74, 6) is -0.858. The van der Waals surface area contributed by atoms with E-state index in [0.717, 1.165) is 27.7 Å². The zero-order valence-corrected chi connectivity index (χ0v) is 11.3. The second-order valence-electron chi connectivity index (χ2n) is 4.57. The van der Waals surface area contributed by atoms with Crippen LogP contribution in [0.5, 0.6) is 0 Å². The number of hydrogen-bond acceptors (Lipinski definition) is 1. The number of para-hydroxylation sites is 1. The van der Waals surface area contributed by atoms with Crippen molar-refractivity contribution in [2.24, 2.45) is 0 Å². The number of aliphatic carboxylic acids is 1. The number of carboxylic acid groups (broad SMARTS) is 1. The maximum Gasteiger partial charge on any atom is 0.307 e.